The maximum Gasteiger partial charge on any atom is 0.305 e. The van der Waals surface area contributed by atoms with Crippen LogP contribution in [0.4, 0.5) is 0 Å². The maximum atomic E-state index is 11.0. The Balaban J connectivity index is 1.77. The Bertz CT molecular complexity index is 433. The Kier molecular flexibility index (Phi) is 4.80. The minimum atomic E-state index is -0.136. The highest BCUT2D eigenvalue weighted by Crippen LogP contribution is 2.33. The van der Waals surface area contributed by atoms with Crippen molar-refractivity contribution in [2.24, 2.45) is 0 Å². The molecule has 0 aliphatic carbocycles. The number of carbonyl (C=O) groups is 1. The number of para-hydroxylation sites is 1. The second-order valence-electron chi connectivity index (χ2n) is 4.99. The van der Waals surface area contributed by atoms with Gasteiger partial charge in [0.2, 0.25) is 0 Å². The van der Waals surface area contributed by atoms with Crippen LogP contribution in [0.5, 0.6) is 5.75 Å². The predicted octanol–water partition coefficient (Wildman–Crippen LogP) is 2.05. The molecule has 0 saturated carbocycles. The molecular formula is C15H21NO3. The van der Waals surface area contributed by atoms with E-state index in [0.29, 0.717) is 12.3 Å². The molecule has 0 saturated heterocycles. The largest absolute Gasteiger partial charge is 0.493 e. The molecule has 0 radical (unpaired) electrons. The van der Waals surface area contributed by atoms with Crippen LogP contribution in [0.15, 0.2) is 24.3 Å². The molecule has 0 amide bonds. The van der Waals surface area contributed by atoms with E-state index in [-0.39, 0.29) is 5.97 Å². The molecule has 1 atom stereocenters. The van der Waals surface area contributed by atoms with E-state index in [2.05, 4.69) is 28.8 Å². The molecule has 1 aromatic rings. The van der Waals surface area contributed by atoms with Crippen molar-refractivity contribution < 1.29 is 14.3 Å². The van der Waals surface area contributed by atoms with Gasteiger partial charge in [0.15, 0.2) is 0 Å². The van der Waals surface area contributed by atoms with Crippen molar-refractivity contribution >= 4 is 5.97 Å². The van der Waals surface area contributed by atoms with Gasteiger partial charge in [-0.15, -0.1) is 0 Å². The van der Waals surface area contributed by atoms with Gasteiger partial charge in [0.25, 0.3) is 0 Å². The molecule has 1 heterocycles. The monoisotopic (exact) mass is 263 g/mol. The van der Waals surface area contributed by atoms with Crippen LogP contribution in [0.1, 0.15) is 24.3 Å². The standard InChI is InChI=1S/C15H21NO3/c1-16(9-5-8-15(17)18-2)10-12-11-19-14-7-4-3-6-13(12)14/h3-4,6-7,12H,5,8-11H2,1-2H3. The van der Waals surface area contributed by atoms with Crippen LogP contribution < -0.4 is 4.74 Å². The number of hydrogen-bond donors (Lipinski definition) is 0. The number of methoxy groups -OCH3 is 1. The normalized spacial score (nSPS) is 17.1. The van der Waals surface area contributed by atoms with E-state index >= 15 is 0 Å². The maximum absolute atomic E-state index is 11.0. The number of rotatable bonds is 6. The third-order valence-corrected chi connectivity index (χ3v) is 3.48. The van der Waals surface area contributed by atoms with Gasteiger partial charge in [0.1, 0.15) is 5.75 Å². The molecule has 1 unspecified atom stereocenters. The zero-order chi connectivity index (χ0) is 13.7. The van der Waals surface area contributed by atoms with Gasteiger partial charge < -0.3 is 14.4 Å². The van der Waals surface area contributed by atoms with Gasteiger partial charge in [0, 0.05) is 24.4 Å². The second kappa shape index (κ2) is 6.57. The molecular weight excluding hydrogens is 242 g/mol. The van der Waals surface area contributed by atoms with E-state index in [1.54, 1.807) is 0 Å². The Morgan fingerprint density at radius 2 is 2.26 bits per heavy atom. The molecule has 0 fully saturated rings. The first kappa shape index (κ1) is 13.9. The molecule has 2 rings (SSSR count). The highest BCUT2D eigenvalue weighted by Gasteiger charge is 2.24. The van der Waals surface area contributed by atoms with Crippen molar-refractivity contribution in [2.45, 2.75) is 18.8 Å². The summed E-state index contributed by atoms with van der Waals surface area (Å²) >= 11 is 0. The van der Waals surface area contributed by atoms with Gasteiger partial charge >= 0.3 is 5.97 Å². The third kappa shape index (κ3) is 3.70. The van der Waals surface area contributed by atoms with Gasteiger partial charge in [-0.2, -0.15) is 0 Å². The first-order valence-corrected chi connectivity index (χ1v) is 6.68. The molecule has 4 heteroatoms. The topological polar surface area (TPSA) is 38.8 Å². The molecule has 0 aromatic heterocycles. The quantitative estimate of drug-likeness (QED) is 0.736. The molecule has 1 aliphatic heterocycles. The number of likely N-dealkylation sites (N-methyl/N-ethyl adjacent to an activating group) is 1. The Morgan fingerprint density at radius 3 is 3.05 bits per heavy atom. The lowest BCUT2D eigenvalue weighted by molar-refractivity contribution is -0.140. The lowest BCUT2D eigenvalue weighted by Gasteiger charge is -2.20. The van der Waals surface area contributed by atoms with Crippen LogP contribution >= 0.6 is 0 Å². The predicted molar refractivity (Wildman–Crippen MR) is 73.4 cm³/mol. The number of nitrogens with zero attached hydrogens (tertiary/aromatic N) is 1. The number of benzene rings is 1. The van der Waals surface area contributed by atoms with E-state index in [0.717, 1.165) is 31.9 Å². The summed E-state index contributed by atoms with van der Waals surface area (Å²) in [7, 11) is 3.51. The molecule has 4 nitrogen and oxygen atoms in total. The Hall–Kier alpha value is -1.55. The minimum Gasteiger partial charge on any atom is -0.493 e. The summed E-state index contributed by atoms with van der Waals surface area (Å²) in [6.07, 6.45) is 1.32. The van der Waals surface area contributed by atoms with Gasteiger partial charge in [-0.25, -0.2) is 0 Å². The summed E-state index contributed by atoms with van der Waals surface area (Å²) in [5.41, 5.74) is 1.29. The van der Waals surface area contributed by atoms with Crippen molar-refractivity contribution in [3.8, 4) is 5.75 Å². The van der Waals surface area contributed by atoms with Crippen LogP contribution in [0.3, 0.4) is 0 Å². The number of carbonyl (C=O) groups excluding carboxylic acids is 1. The van der Waals surface area contributed by atoms with Crippen molar-refractivity contribution in [1.82, 2.24) is 4.90 Å². The van der Waals surface area contributed by atoms with Crippen LogP contribution in [-0.4, -0.2) is 44.7 Å². The number of ether oxygens (including phenoxy) is 2. The van der Waals surface area contributed by atoms with Gasteiger partial charge in [-0.3, -0.25) is 4.79 Å². The van der Waals surface area contributed by atoms with Crippen molar-refractivity contribution in [2.75, 3.05) is 33.9 Å². The van der Waals surface area contributed by atoms with Gasteiger partial charge in [-0.05, 0) is 26.1 Å². The fourth-order valence-corrected chi connectivity index (χ4v) is 2.44. The summed E-state index contributed by atoms with van der Waals surface area (Å²) in [6, 6.07) is 8.21. The molecule has 1 aliphatic rings. The molecule has 0 spiro atoms. The molecule has 0 N–H and O–H groups in total. The van der Waals surface area contributed by atoms with Crippen LogP contribution in [-0.2, 0) is 9.53 Å². The number of hydrogen-bond acceptors (Lipinski definition) is 4. The summed E-state index contributed by atoms with van der Waals surface area (Å²) in [6.45, 7) is 2.60. The van der Waals surface area contributed by atoms with E-state index < -0.39 is 0 Å². The third-order valence-electron chi connectivity index (χ3n) is 3.48. The zero-order valence-corrected chi connectivity index (χ0v) is 11.6. The van der Waals surface area contributed by atoms with E-state index in [4.69, 9.17) is 4.74 Å². The molecule has 0 bridgehead atoms. The average Bonchev–Trinajstić information content (AvgIpc) is 2.82. The van der Waals surface area contributed by atoms with E-state index in [1.807, 2.05) is 12.1 Å². The lowest BCUT2D eigenvalue weighted by Crippen LogP contribution is -2.26. The van der Waals surface area contributed by atoms with Crippen molar-refractivity contribution in [3.63, 3.8) is 0 Å². The van der Waals surface area contributed by atoms with Gasteiger partial charge in [0.05, 0.1) is 13.7 Å². The van der Waals surface area contributed by atoms with Crippen molar-refractivity contribution in [3.05, 3.63) is 29.8 Å². The Labute approximate surface area is 114 Å². The minimum absolute atomic E-state index is 0.136. The first-order chi connectivity index (χ1) is 9.20. The van der Waals surface area contributed by atoms with Crippen LogP contribution in [0, 0.1) is 0 Å². The van der Waals surface area contributed by atoms with Crippen molar-refractivity contribution in [1.29, 1.82) is 0 Å². The van der Waals surface area contributed by atoms with Crippen LogP contribution in [0.25, 0.3) is 0 Å². The molecule has 19 heavy (non-hydrogen) atoms. The Morgan fingerprint density at radius 1 is 1.47 bits per heavy atom. The van der Waals surface area contributed by atoms with E-state index in [9.17, 15) is 4.79 Å². The SMILES string of the molecule is COC(=O)CCCN(C)CC1COc2ccccc21. The first-order valence-electron chi connectivity index (χ1n) is 6.68. The number of fused-ring (bicyclic) bond motifs is 1. The molecule has 104 valence electrons. The lowest BCUT2D eigenvalue weighted by atomic mass is 10.0. The fourth-order valence-electron chi connectivity index (χ4n) is 2.44. The zero-order valence-electron chi connectivity index (χ0n) is 11.6. The summed E-state index contributed by atoms with van der Waals surface area (Å²) in [5.74, 6) is 1.30. The number of esters is 1. The fraction of sp³-hybridized carbons (Fsp3) is 0.533. The second-order valence-corrected chi connectivity index (χ2v) is 4.99. The van der Waals surface area contributed by atoms with Crippen LogP contribution in [0.2, 0.25) is 0 Å². The van der Waals surface area contributed by atoms with E-state index in [1.165, 1.54) is 12.7 Å². The summed E-state index contributed by atoms with van der Waals surface area (Å²) in [4.78, 5) is 13.3. The highest BCUT2D eigenvalue weighted by atomic mass is 16.5. The average molecular weight is 263 g/mol. The smallest absolute Gasteiger partial charge is 0.305 e. The summed E-state index contributed by atoms with van der Waals surface area (Å²) in [5, 5.41) is 0. The molecule has 1 aromatic carbocycles. The van der Waals surface area contributed by atoms with Gasteiger partial charge in [-0.1, -0.05) is 18.2 Å². The highest BCUT2D eigenvalue weighted by molar-refractivity contribution is 5.69. The summed E-state index contributed by atoms with van der Waals surface area (Å²) < 4.78 is 10.3.